The van der Waals surface area contributed by atoms with Crippen LogP contribution in [-0.2, 0) is 14.9 Å². The number of fused-ring (bicyclic) bond motifs is 4. The van der Waals surface area contributed by atoms with Crippen LogP contribution < -0.4 is 4.74 Å². The van der Waals surface area contributed by atoms with Crippen LogP contribution in [-0.4, -0.2) is 35.9 Å². The van der Waals surface area contributed by atoms with Gasteiger partial charge in [0.25, 0.3) is 0 Å². The molecule has 1 unspecified atom stereocenters. The molecule has 0 amide bonds. The van der Waals surface area contributed by atoms with E-state index in [2.05, 4.69) is 4.98 Å². The zero-order chi connectivity index (χ0) is 22.8. The normalized spacial score (nSPS) is 20.6. The second-order valence-electron chi connectivity index (χ2n) is 9.26. The molecule has 0 saturated carbocycles. The lowest BCUT2D eigenvalue weighted by Gasteiger charge is -2.32. The summed E-state index contributed by atoms with van der Waals surface area (Å²) in [5.74, 6) is -0.816. The maximum Gasteiger partial charge on any atom is 0.195 e. The van der Waals surface area contributed by atoms with Crippen molar-refractivity contribution >= 4 is 16.7 Å². The second kappa shape index (κ2) is 6.89. The Balaban J connectivity index is 1.53. The van der Waals surface area contributed by atoms with Crippen LogP contribution in [0.3, 0.4) is 0 Å². The quantitative estimate of drug-likeness (QED) is 0.652. The third-order valence-electron chi connectivity index (χ3n) is 6.30. The molecule has 1 aromatic heterocycles. The highest BCUT2D eigenvalue weighted by molar-refractivity contribution is 6.20. The summed E-state index contributed by atoms with van der Waals surface area (Å²) in [6, 6.07) is 10.3. The lowest BCUT2D eigenvalue weighted by molar-refractivity contribution is -0.141. The summed E-state index contributed by atoms with van der Waals surface area (Å²) in [6.07, 6.45) is -0.173. The van der Waals surface area contributed by atoms with Gasteiger partial charge in [-0.15, -0.1) is 0 Å². The zero-order valence-corrected chi connectivity index (χ0v) is 18.3. The topological polar surface area (TPSA) is 84.3 Å². The van der Waals surface area contributed by atoms with Crippen LogP contribution in [0.4, 0.5) is 4.39 Å². The fourth-order valence-electron chi connectivity index (χ4n) is 4.65. The molecule has 0 bridgehead atoms. The van der Waals surface area contributed by atoms with Crippen molar-refractivity contribution < 1.29 is 23.4 Å². The first-order valence-electron chi connectivity index (χ1n) is 10.5. The first-order chi connectivity index (χ1) is 15.1. The van der Waals surface area contributed by atoms with E-state index in [0.29, 0.717) is 41.2 Å². The van der Waals surface area contributed by atoms with Crippen molar-refractivity contribution in [2.75, 3.05) is 13.2 Å². The molecule has 1 aliphatic carbocycles. The molecule has 2 heterocycles. The molecular weight excluding hydrogens is 411 g/mol. The van der Waals surface area contributed by atoms with E-state index in [4.69, 9.17) is 19.5 Å². The summed E-state index contributed by atoms with van der Waals surface area (Å²) in [5, 5.41) is 9.65. The fourth-order valence-corrected chi connectivity index (χ4v) is 4.65. The summed E-state index contributed by atoms with van der Waals surface area (Å²) < 4.78 is 32.1. The number of nitriles is 1. The Bertz CT molecular complexity index is 1320. The maximum absolute atomic E-state index is 14.8. The number of halogens is 1. The van der Waals surface area contributed by atoms with Crippen molar-refractivity contribution in [2.45, 2.75) is 45.0 Å². The number of H-pyrrole nitrogens is 1. The van der Waals surface area contributed by atoms with E-state index < -0.39 is 17.0 Å². The SMILES string of the molecule is CC1(C)OCC(COc2ccc3c(c2)C(C)(C)c2[nH]c4c(F)c(C#N)ccc4c2C3=O)O1. The number of carbonyl (C=O) groups is 1. The number of aromatic amines is 1. The van der Waals surface area contributed by atoms with Crippen LogP contribution in [0.25, 0.3) is 10.9 Å². The second-order valence-corrected chi connectivity index (χ2v) is 9.26. The van der Waals surface area contributed by atoms with Crippen LogP contribution >= 0.6 is 0 Å². The molecule has 1 atom stereocenters. The Morgan fingerprint density at radius 1 is 1.25 bits per heavy atom. The first-order valence-corrected chi connectivity index (χ1v) is 10.5. The van der Waals surface area contributed by atoms with Gasteiger partial charge in [-0.05, 0) is 43.7 Å². The molecule has 6 nitrogen and oxygen atoms in total. The number of nitrogens with zero attached hydrogens (tertiary/aromatic N) is 1. The summed E-state index contributed by atoms with van der Waals surface area (Å²) in [5.41, 5.74) is 1.95. The predicted octanol–water partition coefficient (Wildman–Crippen LogP) is 4.58. The van der Waals surface area contributed by atoms with Gasteiger partial charge in [0, 0.05) is 22.1 Å². The standard InChI is InChI=1S/C25H23FN2O4/c1-24(2)18-9-14(30-11-15-12-31-25(3,4)32-15)6-8-16(18)22(29)19-17-7-5-13(10-27)20(26)21(17)28-23(19)24/h5-9,15,28H,11-12H2,1-4H3. The van der Waals surface area contributed by atoms with E-state index in [9.17, 15) is 9.18 Å². The molecule has 2 aromatic carbocycles. The van der Waals surface area contributed by atoms with Crippen LogP contribution in [0.2, 0.25) is 0 Å². The first kappa shape index (κ1) is 20.7. The largest absolute Gasteiger partial charge is 0.491 e. The van der Waals surface area contributed by atoms with Crippen LogP contribution in [0.15, 0.2) is 30.3 Å². The third-order valence-corrected chi connectivity index (χ3v) is 6.30. The number of hydrogen-bond donors (Lipinski definition) is 1. The highest BCUT2D eigenvalue weighted by atomic mass is 19.1. The summed E-state index contributed by atoms with van der Waals surface area (Å²) in [4.78, 5) is 16.5. The number of hydrogen-bond acceptors (Lipinski definition) is 5. The zero-order valence-electron chi connectivity index (χ0n) is 18.3. The van der Waals surface area contributed by atoms with Gasteiger partial charge >= 0.3 is 0 Å². The fraction of sp³-hybridized carbons (Fsp3) is 0.360. The van der Waals surface area contributed by atoms with Crippen molar-refractivity contribution in [3.05, 3.63) is 64.1 Å². The van der Waals surface area contributed by atoms with E-state index in [0.717, 1.165) is 5.56 Å². The molecule has 7 heteroatoms. The Labute approximate surface area is 184 Å². The number of rotatable bonds is 3. The molecule has 3 aromatic rings. The molecule has 1 N–H and O–H groups in total. The average Bonchev–Trinajstić information content (AvgIpc) is 3.32. The number of carbonyl (C=O) groups excluding carboxylic acids is 1. The highest BCUT2D eigenvalue weighted by Gasteiger charge is 2.40. The molecule has 0 spiro atoms. The van der Waals surface area contributed by atoms with E-state index in [1.54, 1.807) is 18.2 Å². The Hall–Kier alpha value is -3.21. The smallest absolute Gasteiger partial charge is 0.195 e. The minimum Gasteiger partial charge on any atom is -0.491 e. The molecule has 1 aliphatic heterocycles. The molecule has 1 saturated heterocycles. The van der Waals surface area contributed by atoms with Gasteiger partial charge in [-0.25, -0.2) is 4.39 Å². The molecule has 5 rings (SSSR count). The van der Waals surface area contributed by atoms with Gasteiger partial charge in [-0.3, -0.25) is 4.79 Å². The Morgan fingerprint density at radius 2 is 2.03 bits per heavy atom. The predicted molar refractivity (Wildman–Crippen MR) is 115 cm³/mol. The highest BCUT2D eigenvalue weighted by Crippen LogP contribution is 2.45. The summed E-state index contributed by atoms with van der Waals surface area (Å²) >= 11 is 0. The van der Waals surface area contributed by atoms with Gasteiger partial charge in [0.1, 0.15) is 24.5 Å². The van der Waals surface area contributed by atoms with Crippen LogP contribution in [0.5, 0.6) is 5.75 Å². The van der Waals surface area contributed by atoms with E-state index in [-0.39, 0.29) is 23.0 Å². The van der Waals surface area contributed by atoms with Crippen molar-refractivity contribution in [2.24, 2.45) is 0 Å². The van der Waals surface area contributed by atoms with Gasteiger partial charge in [0.15, 0.2) is 17.4 Å². The molecule has 164 valence electrons. The summed E-state index contributed by atoms with van der Waals surface area (Å²) in [6.45, 7) is 8.47. The Morgan fingerprint density at radius 3 is 2.72 bits per heavy atom. The number of aromatic nitrogens is 1. The van der Waals surface area contributed by atoms with Crippen LogP contribution in [0, 0.1) is 17.1 Å². The van der Waals surface area contributed by atoms with E-state index >= 15 is 0 Å². The molecule has 2 aliphatic rings. The van der Waals surface area contributed by atoms with Gasteiger partial charge in [0.2, 0.25) is 0 Å². The number of ether oxygens (including phenoxy) is 3. The van der Waals surface area contributed by atoms with Crippen molar-refractivity contribution in [1.29, 1.82) is 5.26 Å². The monoisotopic (exact) mass is 434 g/mol. The van der Waals surface area contributed by atoms with Crippen LogP contribution in [0.1, 0.15) is 60.4 Å². The molecule has 1 fully saturated rings. The van der Waals surface area contributed by atoms with Crippen molar-refractivity contribution in [3.63, 3.8) is 0 Å². The third kappa shape index (κ3) is 3.02. The number of ketones is 1. The van der Waals surface area contributed by atoms with Gasteiger partial charge in [0.05, 0.1) is 23.3 Å². The summed E-state index contributed by atoms with van der Waals surface area (Å²) in [7, 11) is 0. The maximum atomic E-state index is 14.8. The minimum absolute atomic E-state index is 0.0594. The number of benzene rings is 2. The van der Waals surface area contributed by atoms with Crippen molar-refractivity contribution in [3.8, 4) is 11.8 Å². The molecule has 0 radical (unpaired) electrons. The average molecular weight is 434 g/mol. The Kier molecular flexibility index (Phi) is 4.45. The van der Waals surface area contributed by atoms with E-state index in [1.165, 1.54) is 6.07 Å². The number of nitrogens with one attached hydrogen (secondary N) is 1. The minimum atomic E-state index is -0.641. The van der Waals surface area contributed by atoms with Gasteiger partial charge in [-0.2, -0.15) is 5.26 Å². The molecular formula is C25H23FN2O4. The van der Waals surface area contributed by atoms with Crippen molar-refractivity contribution in [1.82, 2.24) is 4.98 Å². The van der Waals surface area contributed by atoms with Gasteiger partial charge < -0.3 is 19.2 Å². The molecule has 32 heavy (non-hydrogen) atoms. The lowest BCUT2D eigenvalue weighted by Crippen LogP contribution is -2.30. The van der Waals surface area contributed by atoms with E-state index in [1.807, 2.05) is 39.8 Å². The van der Waals surface area contributed by atoms with Gasteiger partial charge in [-0.1, -0.05) is 19.9 Å². The lowest BCUT2D eigenvalue weighted by atomic mass is 9.71.